The molecule has 9 aromatic carbocycles. The van der Waals surface area contributed by atoms with Crippen LogP contribution in [0.2, 0.25) is 0 Å². The molecule has 3 aliphatic rings. The van der Waals surface area contributed by atoms with E-state index in [9.17, 15) is 0 Å². The third-order valence-corrected chi connectivity index (χ3v) is 20.9. The summed E-state index contributed by atoms with van der Waals surface area (Å²) in [5.74, 6) is 0. The van der Waals surface area contributed by atoms with Crippen molar-refractivity contribution in [3.05, 3.63) is 198 Å². The van der Waals surface area contributed by atoms with Crippen molar-refractivity contribution in [2.75, 3.05) is 4.90 Å². The molecule has 0 bridgehead atoms. The first-order valence-electron chi connectivity index (χ1n) is 29.9. The lowest BCUT2D eigenvalue weighted by Crippen LogP contribution is -2.59. The number of hydrogen-bond acceptors (Lipinski definition) is 2. The number of aromatic nitrogens is 3. The first-order chi connectivity index (χ1) is 39.1. The van der Waals surface area contributed by atoms with E-state index in [1.807, 2.05) is 11.3 Å². The Kier molecular flexibility index (Phi) is 10.0. The molecule has 4 aromatic heterocycles. The first-order valence-corrected chi connectivity index (χ1v) is 30.7. The molecule has 0 atom stereocenters. The van der Waals surface area contributed by atoms with Crippen LogP contribution >= 0.6 is 11.3 Å². The van der Waals surface area contributed by atoms with Crippen LogP contribution in [-0.2, 0) is 27.1 Å². The highest BCUT2D eigenvalue weighted by Gasteiger charge is 2.46. The van der Waals surface area contributed by atoms with Gasteiger partial charge in [0.1, 0.15) is 0 Å². The van der Waals surface area contributed by atoms with E-state index in [1.54, 1.807) is 0 Å². The third-order valence-electron chi connectivity index (χ3n) is 19.7. The standard InChI is InChI=1S/C76H71BN4S/c1-72(2,3)44-26-32-60-53(38-44)54-39-45(73(4,5)6)27-33-61(54)78(60)49-42-63-67-64(43-49)81-62-34-30-51-50-22-17-18-25-59(50)79(47-20-15-14-16-21-47)69(51)66(62)52-23-19-24-58(68(52)81)77(67)71-70(55-40-46(74(7,8)9)28-35-65(55)82-71)80(63)48-29-31-56-57(41-48)76(12,13)37-36-75(56,10)11/h14-35,38-43H,36-37H2,1-13H3. The van der Waals surface area contributed by atoms with Gasteiger partial charge in [-0.15, -0.1) is 11.3 Å². The number of nitrogens with zero attached hydrogens (tertiary/aromatic N) is 4. The minimum absolute atomic E-state index is 0.0162. The maximum atomic E-state index is 2.74. The maximum Gasteiger partial charge on any atom is 0.264 e. The zero-order valence-corrected chi connectivity index (χ0v) is 50.7. The van der Waals surface area contributed by atoms with Crippen molar-refractivity contribution in [3.8, 4) is 17.1 Å². The summed E-state index contributed by atoms with van der Waals surface area (Å²) in [6, 6.07) is 66.9. The van der Waals surface area contributed by atoms with Gasteiger partial charge in [0.2, 0.25) is 0 Å². The van der Waals surface area contributed by atoms with Crippen molar-refractivity contribution in [1.82, 2.24) is 13.7 Å². The second-order valence-electron chi connectivity index (χ2n) is 28.9. The molecule has 13 aromatic rings. The van der Waals surface area contributed by atoms with Gasteiger partial charge in [0.15, 0.2) is 0 Å². The summed E-state index contributed by atoms with van der Waals surface area (Å²) in [6.07, 6.45) is 2.32. The van der Waals surface area contributed by atoms with Crippen LogP contribution in [0.15, 0.2) is 170 Å². The van der Waals surface area contributed by atoms with Gasteiger partial charge in [0, 0.05) is 75.4 Å². The predicted octanol–water partition coefficient (Wildman–Crippen LogP) is 19.0. The summed E-state index contributed by atoms with van der Waals surface area (Å²) in [5, 5.41) is 9.04. The smallest absolute Gasteiger partial charge is 0.264 e. The summed E-state index contributed by atoms with van der Waals surface area (Å²) in [4.78, 5) is 2.74. The number of fused-ring (bicyclic) bond motifs is 17. The predicted molar refractivity (Wildman–Crippen MR) is 356 cm³/mol. The van der Waals surface area contributed by atoms with Gasteiger partial charge in [-0.05, 0) is 164 Å². The van der Waals surface area contributed by atoms with Gasteiger partial charge >= 0.3 is 0 Å². The Balaban J connectivity index is 1.10. The summed E-state index contributed by atoms with van der Waals surface area (Å²) in [7, 11) is 0. The van der Waals surface area contributed by atoms with Crippen LogP contribution in [-0.4, -0.2) is 20.4 Å². The minimum Gasteiger partial charge on any atom is -0.310 e. The van der Waals surface area contributed by atoms with Crippen molar-refractivity contribution in [2.45, 2.75) is 130 Å². The van der Waals surface area contributed by atoms with Gasteiger partial charge < -0.3 is 18.6 Å². The van der Waals surface area contributed by atoms with Crippen molar-refractivity contribution in [3.63, 3.8) is 0 Å². The highest BCUT2D eigenvalue weighted by Crippen LogP contribution is 2.53. The van der Waals surface area contributed by atoms with Crippen molar-refractivity contribution >= 4 is 126 Å². The Hall–Kier alpha value is -7.80. The zero-order chi connectivity index (χ0) is 56.5. The minimum atomic E-state index is -0.0383. The molecule has 1 aliphatic carbocycles. The zero-order valence-electron chi connectivity index (χ0n) is 49.9. The quantitative estimate of drug-likeness (QED) is 0.161. The Labute approximate surface area is 486 Å². The molecule has 0 N–H and O–H groups in total. The summed E-state index contributed by atoms with van der Waals surface area (Å²) >= 11 is 2.01. The van der Waals surface area contributed by atoms with Crippen molar-refractivity contribution in [2.24, 2.45) is 0 Å². The highest BCUT2D eigenvalue weighted by molar-refractivity contribution is 7.33. The normalized spacial score (nSPS) is 15.7. The van der Waals surface area contributed by atoms with E-state index in [-0.39, 0.29) is 33.8 Å². The SMILES string of the molecule is CC(C)(C)c1ccc2sc3c(c2c1)N(c1ccc2c(c1)C(C)(C)CCC2(C)C)c1cc(-n2c4ccc(C(C)(C)C)cc4c4cc(C(C)(C)C)ccc42)cc2c1B3c1cccc3c4c(ccc5c6ccccc6n(-c6ccccc6)c54)n-2c13. The van der Waals surface area contributed by atoms with Crippen LogP contribution in [0.3, 0.4) is 0 Å². The fourth-order valence-corrected chi connectivity index (χ4v) is 16.4. The van der Waals surface area contributed by atoms with E-state index in [1.165, 1.54) is 154 Å². The van der Waals surface area contributed by atoms with E-state index in [0.29, 0.717) is 0 Å². The highest BCUT2D eigenvalue weighted by atomic mass is 32.1. The van der Waals surface area contributed by atoms with E-state index in [0.717, 1.165) is 12.1 Å². The third kappa shape index (κ3) is 6.85. The summed E-state index contributed by atoms with van der Waals surface area (Å²) < 4.78 is 10.6. The largest absolute Gasteiger partial charge is 0.310 e. The molecular weight excluding hydrogens is 1010 g/mol. The molecule has 6 heteroatoms. The fraction of sp³-hybridized carbons (Fsp3) is 0.263. The number of thiophene rings is 1. The van der Waals surface area contributed by atoms with Gasteiger partial charge in [-0.25, -0.2) is 0 Å². The van der Waals surface area contributed by atoms with Gasteiger partial charge in [-0.3, -0.25) is 0 Å². The number of benzene rings is 9. The van der Waals surface area contributed by atoms with Gasteiger partial charge in [0.05, 0.1) is 39.0 Å². The van der Waals surface area contributed by atoms with Crippen molar-refractivity contribution < 1.29 is 0 Å². The molecule has 404 valence electrons. The lowest BCUT2D eigenvalue weighted by Gasteiger charge is -2.43. The maximum absolute atomic E-state index is 2.74. The molecule has 0 saturated heterocycles. The van der Waals surface area contributed by atoms with Crippen LogP contribution in [0.25, 0.3) is 92.6 Å². The van der Waals surface area contributed by atoms with Crippen LogP contribution in [0.4, 0.5) is 17.1 Å². The second kappa shape index (κ2) is 16.5. The average molecular weight is 1080 g/mol. The average Bonchev–Trinajstić information content (AvgIpc) is 1.79. The summed E-state index contributed by atoms with van der Waals surface area (Å²) in [6.45, 7) is 31.0. The molecule has 0 amide bonds. The Morgan fingerprint density at radius 1 is 0.415 bits per heavy atom. The lowest BCUT2D eigenvalue weighted by atomic mass is 9.36. The second-order valence-corrected chi connectivity index (χ2v) is 29.9. The molecular formula is C76H71BN4S. The molecule has 0 unspecified atom stereocenters. The number of hydrogen-bond donors (Lipinski definition) is 0. The van der Waals surface area contributed by atoms with Gasteiger partial charge in [0.25, 0.3) is 6.71 Å². The van der Waals surface area contributed by atoms with Crippen LogP contribution in [0, 0.1) is 0 Å². The number of rotatable bonds is 3. The Morgan fingerprint density at radius 2 is 1.00 bits per heavy atom. The topological polar surface area (TPSA) is 18.0 Å². The van der Waals surface area contributed by atoms with Gasteiger partial charge in [-0.2, -0.15) is 0 Å². The van der Waals surface area contributed by atoms with E-state index in [2.05, 4.69) is 278 Å². The van der Waals surface area contributed by atoms with Crippen LogP contribution in [0.1, 0.15) is 131 Å². The van der Waals surface area contributed by atoms with Crippen LogP contribution < -0.4 is 20.6 Å². The van der Waals surface area contributed by atoms with E-state index in [4.69, 9.17) is 0 Å². The fourth-order valence-electron chi connectivity index (χ4n) is 15.1. The Morgan fingerprint density at radius 3 is 1.68 bits per heavy atom. The van der Waals surface area contributed by atoms with E-state index >= 15 is 0 Å². The first kappa shape index (κ1) is 50.0. The number of para-hydroxylation sites is 3. The molecule has 2 aliphatic heterocycles. The molecule has 4 nitrogen and oxygen atoms in total. The van der Waals surface area contributed by atoms with Crippen LogP contribution in [0.5, 0.6) is 0 Å². The molecule has 0 saturated carbocycles. The van der Waals surface area contributed by atoms with E-state index < -0.39 is 0 Å². The molecule has 82 heavy (non-hydrogen) atoms. The molecule has 0 fully saturated rings. The molecule has 6 heterocycles. The molecule has 0 radical (unpaired) electrons. The lowest BCUT2D eigenvalue weighted by molar-refractivity contribution is 0.332. The molecule has 0 spiro atoms. The number of anilines is 3. The summed E-state index contributed by atoms with van der Waals surface area (Å²) in [5.41, 5.74) is 24.5. The van der Waals surface area contributed by atoms with Gasteiger partial charge in [-0.1, -0.05) is 175 Å². The molecule has 16 rings (SSSR count). The Bertz CT molecular complexity index is 4860. The monoisotopic (exact) mass is 1080 g/mol. The van der Waals surface area contributed by atoms with Crippen molar-refractivity contribution in [1.29, 1.82) is 0 Å².